The normalized spacial score (nSPS) is 11.9. The fourth-order valence-electron chi connectivity index (χ4n) is 1.97. The van der Waals surface area contributed by atoms with Gasteiger partial charge in [-0.3, -0.25) is 0 Å². The number of aliphatic hydroxyl groups is 1. The SMILES string of the molecule is CCN(CC(C)(C)O)c1ncccc1CNC(C)C. The van der Waals surface area contributed by atoms with Crippen LogP contribution in [0.25, 0.3) is 0 Å². The van der Waals surface area contributed by atoms with Crippen LogP contribution in [0.15, 0.2) is 18.3 Å². The first kappa shape index (κ1) is 15.9. The van der Waals surface area contributed by atoms with E-state index in [1.807, 2.05) is 19.9 Å². The molecule has 4 heteroatoms. The molecule has 0 saturated heterocycles. The predicted octanol–water partition coefficient (Wildman–Crippen LogP) is 2.18. The molecule has 0 aliphatic carbocycles. The second kappa shape index (κ2) is 6.87. The quantitative estimate of drug-likeness (QED) is 0.793. The molecular formula is C15H27N3O. The van der Waals surface area contributed by atoms with Gasteiger partial charge in [0, 0.05) is 37.4 Å². The standard InChI is InChI=1S/C15H27N3O/c1-6-18(11-15(4,5)19)14-13(8-7-9-16-14)10-17-12(2)3/h7-9,12,17,19H,6,10-11H2,1-5H3. The second-order valence-electron chi connectivity index (χ2n) is 5.85. The van der Waals surface area contributed by atoms with Crippen molar-refractivity contribution in [3.63, 3.8) is 0 Å². The Hall–Kier alpha value is -1.13. The lowest BCUT2D eigenvalue weighted by molar-refractivity contribution is 0.0874. The highest BCUT2D eigenvalue weighted by Crippen LogP contribution is 2.19. The van der Waals surface area contributed by atoms with Gasteiger partial charge in [0.05, 0.1) is 5.60 Å². The smallest absolute Gasteiger partial charge is 0.133 e. The van der Waals surface area contributed by atoms with Gasteiger partial charge in [-0.15, -0.1) is 0 Å². The number of anilines is 1. The van der Waals surface area contributed by atoms with Gasteiger partial charge in [0.25, 0.3) is 0 Å². The maximum Gasteiger partial charge on any atom is 0.133 e. The monoisotopic (exact) mass is 265 g/mol. The van der Waals surface area contributed by atoms with Gasteiger partial charge >= 0.3 is 0 Å². The van der Waals surface area contributed by atoms with Gasteiger partial charge in [-0.25, -0.2) is 4.98 Å². The fourth-order valence-corrected chi connectivity index (χ4v) is 1.97. The molecule has 0 aromatic carbocycles. The summed E-state index contributed by atoms with van der Waals surface area (Å²) in [7, 11) is 0. The summed E-state index contributed by atoms with van der Waals surface area (Å²) in [6.45, 7) is 12.2. The molecule has 0 fully saturated rings. The maximum absolute atomic E-state index is 10.0. The van der Waals surface area contributed by atoms with Crippen LogP contribution in [0, 0.1) is 0 Å². The van der Waals surface area contributed by atoms with Crippen molar-refractivity contribution in [1.82, 2.24) is 10.3 Å². The van der Waals surface area contributed by atoms with Crippen molar-refractivity contribution in [2.45, 2.75) is 52.8 Å². The summed E-state index contributed by atoms with van der Waals surface area (Å²) in [5, 5.41) is 13.4. The fraction of sp³-hybridized carbons (Fsp3) is 0.667. The first-order valence-corrected chi connectivity index (χ1v) is 6.98. The number of nitrogens with zero attached hydrogens (tertiary/aromatic N) is 2. The zero-order valence-corrected chi connectivity index (χ0v) is 12.8. The second-order valence-corrected chi connectivity index (χ2v) is 5.85. The van der Waals surface area contributed by atoms with Crippen LogP contribution in [0.1, 0.15) is 40.2 Å². The Morgan fingerprint density at radius 3 is 2.63 bits per heavy atom. The molecule has 108 valence electrons. The minimum absolute atomic E-state index is 0.442. The van der Waals surface area contributed by atoms with E-state index >= 15 is 0 Å². The first-order chi connectivity index (χ1) is 8.83. The van der Waals surface area contributed by atoms with Gasteiger partial charge in [-0.1, -0.05) is 19.9 Å². The summed E-state index contributed by atoms with van der Waals surface area (Å²) in [4.78, 5) is 6.61. The third-order valence-corrected chi connectivity index (χ3v) is 2.83. The van der Waals surface area contributed by atoms with E-state index in [0.29, 0.717) is 12.6 Å². The Kier molecular flexibility index (Phi) is 5.76. The van der Waals surface area contributed by atoms with E-state index in [-0.39, 0.29) is 0 Å². The topological polar surface area (TPSA) is 48.4 Å². The Labute approximate surface area is 116 Å². The van der Waals surface area contributed by atoms with Crippen LogP contribution >= 0.6 is 0 Å². The third kappa shape index (κ3) is 5.57. The molecule has 0 bridgehead atoms. The summed E-state index contributed by atoms with van der Waals surface area (Å²) in [5.41, 5.74) is 0.443. The Bertz CT molecular complexity index is 385. The van der Waals surface area contributed by atoms with Crippen LogP contribution in [-0.4, -0.2) is 34.8 Å². The van der Waals surface area contributed by atoms with Gasteiger partial charge in [0.1, 0.15) is 5.82 Å². The van der Waals surface area contributed by atoms with Gasteiger partial charge in [-0.2, -0.15) is 0 Å². The molecule has 0 saturated carbocycles. The van der Waals surface area contributed by atoms with Crippen LogP contribution in [0.4, 0.5) is 5.82 Å². The zero-order valence-electron chi connectivity index (χ0n) is 12.8. The first-order valence-electron chi connectivity index (χ1n) is 6.98. The molecular weight excluding hydrogens is 238 g/mol. The molecule has 0 amide bonds. The molecule has 1 aromatic rings. The van der Waals surface area contributed by atoms with E-state index in [9.17, 15) is 5.11 Å². The van der Waals surface area contributed by atoms with E-state index in [2.05, 4.69) is 42.0 Å². The molecule has 0 unspecified atom stereocenters. The number of pyridine rings is 1. The predicted molar refractivity (Wildman–Crippen MR) is 80.4 cm³/mol. The highest BCUT2D eigenvalue weighted by Gasteiger charge is 2.20. The molecule has 2 N–H and O–H groups in total. The molecule has 4 nitrogen and oxygen atoms in total. The Morgan fingerprint density at radius 1 is 1.42 bits per heavy atom. The molecule has 1 heterocycles. The van der Waals surface area contributed by atoms with Crippen LogP contribution < -0.4 is 10.2 Å². The highest BCUT2D eigenvalue weighted by molar-refractivity contribution is 5.47. The largest absolute Gasteiger partial charge is 0.389 e. The third-order valence-electron chi connectivity index (χ3n) is 2.83. The van der Waals surface area contributed by atoms with E-state index in [1.54, 1.807) is 6.20 Å². The number of aromatic nitrogens is 1. The van der Waals surface area contributed by atoms with Crippen molar-refractivity contribution in [1.29, 1.82) is 0 Å². The van der Waals surface area contributed by atoms with Crippen molar-refractivity contribution in [2.75, 3.05) is 18.0 Å². The molecule has 0 radical (unpaired) electrons. The van der Waals surface area contributed by atoms with Crippen molar-refractivity contribution in [3.8, 4) is 0 Å². The number of hydrogen-bond donors (Lipinski definition) is 2. The average Bonchev–Trinajstić information content (AvgIpc) is 2.33. The molecule has 0 atom stereocenters. The summed E-state index contributed by atoms with van der Waals surface area (Å²) >= 11 is 0. The number of likely N-dealkylation sites (N-methyl/N-ethyl adjacent to an activating group) is 1. The highest BCUT2D eigenvalue weighted by atomic mass is 16.3. The van der Waals surface area contributed by atoms with Gasteiger partial charge in [0.2, 0.25) is 0 Å². The van der Waals surface area contributed by atoms with E-state index in [0.717, 1.165) is 18.9 Å². The van der Waals surface area contributed by atoms with Crippen molar-refractivity contribution >= 4 is 5.82 Å². The molecule has 0 aliphatic rings. The van der Waals surface area contributed by atoms with Crippen LogP contribution in [0.5, 0.6) is 0 Å². The molecule has 0 spiro atoms. The van der Waals surface area contributed by atoms with E-state index in [1.165, 1.54) is 5.56 Å². The number of hydrogen-bond acceptors (Lipinski definition) is 4. The van der Waals surface area contributed by atoms with E-state index in [4.69, 9.17) is 0 Å². The Balaban J connectivity index is 2.90. The minimum Gasteiger partial charge on any atom is -0.389 e. The lowest BCUT2D eigenvalue weighted by Gasteiger charge is -2.30. The van der Waals surface area contributed by atoms with Crippen LogP contribution in [-0.2, 0) is 6.54 Å². The van der Waals surface area contributed by atoms with E-state index < -0.39 is 5.60 Å². The number of rotatable bonds is 7. The summed E-state index contributed by atoms with van der Waals surface area (Å²) in [5.74, 6) is 0.959. The van der Waals surface area contributed by atoms with Gasteiger partial charge in [-0.05, 0) is 26.8 Å². The zero-order chi connectivity index (χ0) is 14.5. The Morgan fingerprint density at radius 2 is 2.11 bits per heavy atom. The lowest BCUT2D eigenvalue weighted by atomic mass is 10.1. The van der Waals surface area contributed by atoms with Crippen molar-refractivity contribution in [2.24, 2.45) is 0 Å². The molecule has 1 aromatic heterocycles. The van der Waals surface area contributed by atoms with Gasteiger partial charge < -0.3 is 15.3 Å². The summed E-state index contributed by atoms with van der Waals surface area (Å²) in [6, 6.07) is 4.49. The van der Waals surface area contributed by atoms with Crippen molar-refractivity contribution < 1.29 is 5.11 Å². The van der Waals surface area contributed by atoms with Crippen molar-refractivity contribution in [3.05, 3.63) is 23.9 Å². The van der Waals surface area contributed by atoms with Crippen LogP contribution in [0.3, 0.4) is 0 Å². The van der Waals surface area contributed by atoms with Crippen LogP contribution in [0.2, 0.25) is 0 Å². The number of nitrogens with one attached hydrogen (secondary N) is 1. The summed E-state index contributed by atoms with van der Waals surface area (Å²) < 4.78 is 0. The summed E-state index contributed by atoms with van der Waals surface area (Å²) in [6.07, 6.45) is 1.81. The lowest BCUT2D eigenvalue weighted by Crippen LogP contribution is -2.39. The average molecular weight is 265 g/mol. The maximum atomic E-state index is 10.0. The molecule has 1 rings (SSSR count). The molecule has 19 heavy (non-hydrogen) atoms. The molecule has 0 aliphatic heterocycles. The van der Waals surface area contributed by atoms with Gasteiger partial charge in [0.15, 0.2) is 0 Å². The minimum atomic E-state index is -0.726.